The van der Waals surface area contributed by atoms with Gasteiger partial charge in [-0.25, -0.2) is 14.4 Å². The Morgan fingerprint density at radius 2 is 1.97 bits per heavy atom. The van der Waals surface area contributed by atoms with Gasteiger partial charge in [-0.15, -0.1) is 0 Å². The number of halogens is 3. The first-order chi connectivity index (χ1) is 18.4. The van der Waals surface area contributed by atoms with Crippen LogP contribution in [0.2, 0.25) is 0 Å². The summed E-state index contributed by atoms with van der Waals surface area (Å²) in [6.45, 7) is 0.217. The topological polar surface area (TPSA) is 99.0 Å². The highest BCUT2D eigenvalue weighted by atomic mass is 19.3. The Morgan fingerprint density at radius 1 is 1.18 bits per heavy atom. The van der Waals surface area contributed by atoms with Crippen molar-refractivity contribution in [2.75, 3.05) is 56.3 Å². The summed E-state index contributed by atoms with van der Waals surface area (Å²) in [4.78, 5) is 29.8. The molecule has 2 N–H and O–H groups in total. The van der Waals surface area contributed by atoms with Crippen LogP contribution < -0.4 is 15.3 Å². The first-order valence-corrected chi connectivity index (χ1v) is 12.3. The minimum absolute atomic E-state index is 0.182. The molecule has 0 radical (unpaired) electrons. The molecule has 4 heterocycles. The molecule has 0 unspecified atom stereocenters. The smallest absolute Gasteiger partial charge is 0.365 e. The fourth-order valence-electron chi connectivity index (χ4n) is 4.81. The Hall–Kier alpha value is -3.68. The Bertz CT molecular complexity index is 1310. The molecule has 10 nitrogen and oxygen atoms in total. The zero-order valence-electron chi connectivity index (χ0n) is 20.8. The van der Waals surface area contributed by atoms with Gasteiger partial charge in [0.15, 0.2) is 0 Å². The first-order valence-electron chi connectivity index (χ1n) is 12.3. The fourth-order valence-corrected chi connectivity index (χ4v) is 4.81. The number of aliphatic hydroxyl groups is 1. The molecule has 0 aliphatic carbocycles. The van der Waals surface area contributed by atoms with Crippen LogP contribution >= 0.6 is 0 Å². The van der Waals surface area contributed by atoms with Crippen molar-refractivity contribution in [3.05, 3.63) is 53.6 Å². The van der Waals surface area contributed by atoms with Crippen LogP contribution in [0.5, 0.6) is 0 Å². The minimum Gasteiger partial charge on any atom is -0.395 e. The lowest BCUT2D eigenvalue weighted by atomic mass is 10.1. The molecule has 2 aromatic heterocycles. The lowest BCUT2D eigenvalue weighted by Gasteiger charge is -2.34. The van der Waals surface area contributed by atoms with Gasteiger partial charge in [0.05, 0.1) is 23.6 Å². The van der Waals surface area contributed by atoms with E-state index in [0.717, 1.165) is 18.8 Å². The zero-order chi connectivity index (χ0) is 26.8. The minimum atomic E-state index is -3.27. The van der Waals surface area contributed by atoms with Crippen LogP contribution in [-0.2, 0) is 17.8 Å². The summed E-state index contributed by atoms with van der Waals surface area (Å²) in [5.74, 6) is -1.34. The van der Waals surface area contributed by atoms with Gasteiger partial charge >= 0.3 is 6.61 Å². The van der Waals surface area contributed by atoms with Crippen molar-refractivity contribution in [2.45, 2.75) is 19.6 Å². The number of hydrogen-bond donors (Lipinski definition) is 2. The molecule has 1 fully saturated rings. The van der Waals surface area contributed by atoms with Crippen LogP contribution in [0.3, 0.4) is 0 Å². The van der Waals surface area contributed by atoms with Gasteiger partial charge in [-0.2, -0.15) is 18.7 Å². The van der Waals surface area contributed by atoms with E-state index in [1.807, 2.05) is 11.9 Å². The average molecular weight is 532 g/mol. The molecule has 3 aromatic rings. The summed E-state index contributed by atoms with van der Waals surface area (Å²) >= 11 is 0. The van der Waals surface area contributed by atoms with Crippen molar-refractivity contribution in [2.24, 2.45) is 0 Å². The number of anilines is 3. The Balaban J connectivity index is 1.55. The van der Waals surface area contributed by atoms with Crippen molar-refractivity contribution in [1.82, 2.24) is 24.8 Å². The number of carbonyl (C=O) groups is 1. The van der Waals surface area contributed by atoms with Gasteiger partial charge in [0, 0.05) is 63.3 Å². The van der Waals surface area contributed by atoms with E-state index in [4.69, 9.17) is 4.84 Å². The summed E-state index contributed by atoms with van der Waals surface area (Å²) in [5, 5.41) is 13.0. The zero-order valence-corrected chi connectivity index (χ0v) is 20.8. The van der Waals surface area contributed by atoms with Crippen LogP contribution in [0, 0.1) is 5.82 Å². The number of amides is 1. The van der Waals surface area contributed by atoms with Crippen molar-refractivity contribution < 1.29 is 27.9 Å². The lowest BCUT2D eigenvalue weighted by Crippen LogP contribution is -2.44. The van der Waals surface area contributed by atoms with E-state index >= 15 is 4.39 Å². The summed E-state index contributed by atoms with van der Waals surface area (Å²) in [5.41, 5.74) is 2.38. The number of aromatic nitrogens is 3. The molecule has 1 saturated heterocycles. The van der Waals surface area contributed by atoms with E-state index in [-0.39, 0.29) is 30.7 Å². The number of likely N-dealkylation sites (N-methyl/N-ethyl adjacent to an activating group) is 1. The maximum Gasteiger partial charge on any atom is 0.365 e. The fraction of sp³-hybridized carbons (Fsp3) is 0.400. The Morgan fingerprint density at radius 3 is 2.71 bits per heavy atom. The Kier molecular flexibility index (Phi) is 7.49. The maximum atomic E-state index is 15.0. The van der Waals surface area contributed by atoms with Gasteiger partial charge in [0.25, 0.3) is 11.9 Å². The molecule has 2 aliphatic rings. The third-order valence-electron chi connectivity index (χ3n) is 6.71. The molecule has 13 heteroatoms. The van der Waals surface area contributed by atoms with Gasteiger partial charge in [-0.05, 0) is 37.4 Å². The molecule has 202 valence electrons. The van der Waals surface area contributed by atoms with Gasteiger partial charge in [-0.3, -0.25) is 4.79 Å². The van der Waals surface area contributed by atoms with Crippen LogP contribution in [0.1, 0.15) is 16.1 Å². The number of nitrogens with one attached hydrogen (secondary N) is 1. The maximum absolute atomic E-state index is 15.0. The van der Waals surface area contributed by atoms with E-state index in [1.54, 1.807) is 22.8 Å². The van der Waals surface area contributed by atoms with Crippen LogP contribution in [0.4, 0.5) is 30.5 Å². The number of aliphatic hydroxyl groups excluding tert-OH is 1. The SMILES string of the molecule is CN1CCN(c2ccc(F)c(N(OC(F)F)c3nccc(-c4cc5c(n4CCO)CCNC5=O)n3)c2)CC1. The van der Waals surface area contributed by atoms with E-state index < -0.39 is 12.4 Å². The standard InChI is InChI=1S/C25H28F3N7O3/c1-32-8-10-33(11-9-32)16-2-3-18(26)21(14-16)35(38-24(27)28)25-30-6-4-19(31-25)22-15-17-20(34(22)12-13-36)5-7-29-23(17)37/h2-4,6,14-15,24,36H,5,7-13H2,1H3,(H,29,37). The van der Waals surface area contributed by atoms with Gasteiger partial charge in [0.2, 0.25) is 0 Å². The second kappa shape index (κ2) is 11.0. The molecule has 2 aliphatic heterocycles. The van der Waals surface area contributed by atoms with Crippen molar-refractivity contribution in [1.29, 1.82) is 0 Å². The van der Waals surface area contributed by atoms with E-state index in [0.29, 0.717) is 53.8 Å². The average Bonchev–Trinajstić information content (AvgIpc) is 3.28. The molecule has 1 aromatic carbocycles. The highest BCUT2D eigenvalue weighted by molar-refractivity contribution is 5.98. The number of piperazine rings is 1. The number of nitrogens with zero attached hydrogens (tertiary/aromatic N) is 6. The summed E-state index contributed by atoms with van der Waals surface area (Å²) < 4.78 is 43.9. The van der Waals surface area contributed by atoms with E-state index in [1.165, 1.54) is 18.3 Å². The normalized spacial score (nSPS) is 16.1. The number of alkyl halides is 2. The van der Waals surface area contributed by atoms with Crippen molar-refractivity contribution in [3.63, 3.8) is 0 Å². The molecule has 0 atom stereocenters. The highest BCUT2D eigenvalue weighted by Gasteiger charge is 2.27. The third kappa shape index (κ3) is 5.17. The first kappa shape index (κ1) is 25.9. The summed E-state index contributed by atoms with van der Waals surface area (Å²) in [6.07, 6.45) is 1.90. The predicted molar refractivity (Wildman–Crippen MR) is 134 cm³/mol. The molecule has 5 rings (SSSR count). The van der Waals surface area contributed by atoms with Gasteiger partial charge in [0.1, 0.15) is 11.5 Å². The monoisotopic (exact) mass is 531 g/mol. The second-order valence-corrected chi connectivity index (χ2v) is 9.10. The number of rotatable bonds is 8. The number of fused-ring (bicyclic) bond motifs is 1. The quantitative estimate of drug-likeness (QED) is 0.428. The van der Waals surface area contributed by atoms with Gasteiger partial charge in [-0.1, -0.05) is 0 Å². The molecule has 0 spiro atoms. The molecular weight excluding hydrogens is 503 g/mol. The Labute approximate surface area is 217 Å². The molecule has 1 amide bonds. The predicted octanol–water partition coefficient (Wildman–Crippen LogP) is 2.41. The number of benzene rings is 1. The largest absolute Gasteiger partial charge is 0.395 e. The molecule has 0 bridgehead atoms. The third-order valence-corrected chi connectivity index (χ3v) is 6.71. The van der Waals surface area contributed by atoms with E-state index in [9.17, 15) is 18.7 Å². The number of carbonyl (C=O) groups excluding carboxylic acids is 1. The van der Waals surface area contributed by atoms with Gasteiger partial charge < -0.3 is 24.8 Å². The lowest BCUT2D eigenvalue weighted by molar-refractivity contribution is -0.130. The van der Waals surface area contributed by atoms with Crippen molar-refractivity contribution >= 4 is 23.2 Å². The molecular formula is C25H28F3N7O3. The number of hydrogen-bond acceptors (Lipinski definition) is 8. The summed E-state index contributed by atoms with van der Waals surface area (Å²) in [7, 11) is 2.01. The molecule has 0 saturated carbocycles. The second-order valence-electron chi connectivity index (χ2n) is 9.10. The van der Waals surface area contributed by atoms with Crippen LogP contribution in [0.25, 0.3) is 11.4 Å². The van der Waals surface area contributed by atoms with Crippen LogP contribution in [0.15, 0.2) is 36.5 Å². The van der Waals surface area contributed by atoms with E-state index in [2.05, 4.69) is 20.2 Å². The van der Waals surface area contributed by atoms with Crippen molar-refractivity contribution in [3.8, 4) is 11.4 Å². The molecule has 38 heavy (non-hydrogen) atoms. The van der Waals surface area contributed by atoms with Crippen LogP contribution in [-0.4, -0.2) is 83.4 Å². The summed E-state index contributed by atoms with van der Waals surface area (Å²) in [6, 6.07) is 7.43. The highest BCUT2D eigenvalue weighted by Crippen LogP contribution is 2.33.